The maximum Gasteiger partial charge on any atom is 0.318 e. The molecule has 2 N–H and O–H groups in total. The molecule has 0 aliphatic rings. The van der Waals surface area contributed by atoms with Gasteiger partial charge < -0.3 is 15.4 Å². The van der Waals surface area contributed by atoms with Crippen molar-refractivity contribution >= 4 is 23.5 Å². The lowest BCUT2D eigenvalue weighted by Crippen LogP contribution is -2.36. The Labute approximate surface area is 179 Å². The van der Waals surface area contributed by atoms with E-state index in [1.807, 2.05) is 60.7 Å². The second kappa shape index (κ2) is 10.7. The Hall–Kier alpha value is -4.00. The predicted octanol–water partition coefficient (Wildman–Crippen LogP) is 3.26. The highest BCUT2D eigenvalue weighted by atomic mass is 19.1. The van der Waals surface area contributed by atoms with Crippen LogP contribution in [0.15, 0.2) is 84.9 Å². The highest BCUT2D eigenvalue weighted by Crippen LogP contribution is 2.25. The first kappa shape index (κ1) is 21.7. The van der Waals surface area contributed by atoms with Crippen LogP contribution in [0.5, 0.6) is 0 Å². The van der Waals surface area contributed by atoms with Gasteiger partial charge in [-0.15, -0.1) is 0 Å². The quantitative estimate of drug-likeness (QED) is 0.548. The van der Waals surface area contributed by atoms with Gasteiger partial charge in [0.2, 0.25) is 5.91 Å². The van der Waals surface area contributed by atoms with Crippen LogP contribution in [0.2, 0.25) is 0 Å². The summed E-state index contributed by atoms with van der Waals surface area (Å²) in [6.07, 6.45) is 0. The monoisotopic (exact) mass is 420 g/mol. The molecule has 0 spiro atoms. The lowest BCUT2D eigenvalue weighted by molar-refractivity contribution is -0.149. The van der Waals surface area contributed by atoms with E-state index in [-0.39, 0.29) is 6.54 Å². The normalized spacial score (nSPS) is 10.4. The summed E-state index contributed by atoms with van der Waals surface area (Å²) < 4.78 is 18.1. The molecular weight excluding hydrogens is 399 g/mol. The van der Waals surface area contributed by atoms with Crippen LogP contribution in [0, 0.1) is 5.82 Å². The fraction of sp³-hybridized carbons (Fsp3) is 0.125. The molecule has 0 unspecified atom stereocenters. The molecule has 0 fully saturated rings. The van der Waals surface area contributed by atoms with E-state index in [0.29, 0.717) is 5.69 Å². The topological polar surface area (TPSA) is 84.5 Å². The van der Waals surface area contributed by atoms with Crippen LogP contribution in [-0.2, 0) is 19.1 Å². The predicted molar refractivity (Wildman–Crippen MR) is 114 cm³/mol. The van der Waals surface area contributed by atoms with E-state index in [9.17, 15) is 18.8 Å². The molecule has 0 saturated heterocycles. The summed E-state index contributed by atoms with van der Waals surface area (Å²) in [4.78, 5) is 36.7. The van der Waals surface area contributed by atoms with Crippen molar-refractivity contribution < 1.29 is 23.5 Å². The van der Waals surface area contributed by atoms with Crippen molar-refractivity contribution in [1.82, 2.24) is 5.32 Å². The molecule has 0 radical (unpaired) electrons. The minimum absolute atomic E-state index is 0.311. The van der Waals surface area contributed by atoms with Crippen molar-refractivity contribution in [3.8, 4) is 0 Å². The van der Waals surface area contributed by atoms with Crippen molar-refractivity contribution in [3.05, 3.63) is 102 Å². The van der Waals surface area contributed by atoms with E-state index in [4.69, 9.17) is 4.74 Å². The van der Waals surface area contributed by atoms with Crippen LogP contribution in [0.4, 0.5) is 10.1 Å². The number of nitrogens with one attached hydrogen (secondary N) is 2. The number of esters is 1. The Bertz CT molecular complexity index is 985. The second-order valence-electron chi connectivity index (χ2n) is 6.69. The number of anilines is 1. The highest BCUT2D eigenvalue weighted by molar-refractivity contribution is 5.95. The van der Waals surface area contributed by atoms with Crippen LogP contribution in [0.25, 0.3) is 0 Å². The number of rotatable bonds is 8. The van der Waals surface area contributed by atoms with E-state index < -0.39 is 36.1 Å². The van der Waals surface area contributed by atoms with Crippen LogP contribution >= 0.6 is 0 Å². The second-order valence-corrected chi connectivity index (χ2v) is 6.69. The minimum Gasteiger partial charge on any atom is -0.455 e. The van der Waals surface area contributed by atoms with Gasteiger partial charge in [-0.2, -0.15) is 0 Å². The molecule has 0 saturated carbocycles. The molecule has 0 aliphatic heterocycles. The Morgan fingerprint density at radius 2 is 1.32 bits per heavy atom. The van der Waals surface area contributed by atoms with Crippen molar-refractivity contribution in [2.24, 2.45) is 0 Å². The van der Waals surface area contributed by atoms with Gasteiger partial charge in [0.25, 0.3) is 5.91 Å². The smallest absolute Gasteiger partial charge is 0.318 e. The Morgan fingerprint density at radius 1 is 0.774 bits per heavy atom. The van der Waals surface area contributed by atoms with Gasteiger partial charge in [0.1, 0.15) is 11.7 Å². The number of hydrogen-bond acceptors (Lipinski definition) is 4. The zero-order valence-corrected chi connectivity index (χ0v) is 16.6. The summed E-state index contributed by atoms with van der Waals surface area (Å²) >= 11 is 0. The summed E-state index contributed by atoms with van der Waals surface area (Å²) in [5, 5.41) is 4.91. The van der Waals surface area contributed by atoms with Crippen LogP contribution in [0.3, 0.4) is 0 Å². The third-order valence-electron chi connectivity index (χ3n) is 4.42. The van der Waals surface area contributed by atoms with Crippen molar-refractivity contribution in [3.63, 3.8) is 0 Å². The van der Waals surface area contributed by atoms with Gasteiger partial charge in [0.05, 0.1) is 6.54 Å². The zero-order valence-electron chi connectivity index (χ0n) is 16.6. The van der Waals surface area contributed by atoms with Crippen LogP contribution in [0.1, 0.15) is 17.0 Å². The Kier molecular flexibility index (Phi) is 7.48. The SMILES string of the molecule is O=C(COC(=O)C(c1ccccc1)c1ccccc1)NCC(=O)Nc1ccc(F)cc1. The molecule has 6 nitrogen and oxygen atoms in total. The largest absolute Gasteiger partial charge is 0.455 e. The lowest BCUT2D eigenvalue weighted by atomic mass is 9.91. The Balaban J connectivity index is 1.52. The molecule has 0 bridgehead atoms. The van der Waals surface area contributed by atoms with Crippen molar-refractivity contribution in [2.45, 2.75) is 5.92 Å². The molecule has 3 aromatic rings. The fourth-order valence-corrected chi connectivity index (χ4v) is 2.94. The van der Waals surface area contributed by atoms with Gasteiger partial charge in [-0.1, -0.05) is 60.7 Å². The fourth-order valence-electron chi connectivity index (χ4n) is 2.94. The number of benzene rings is 3. The molecule has 0 aromatic heterocycles. The highest BCUT2D eigenvalue weighted by Gasteiger charge is 2.24. The van der Waals surface area contributed by atoms with E-state index in [1.165, 1.54) is 24.3 Å². The summed E-state index contributed by atoms with van der Waals surface area (Å²) in [5.41, 5.74) is 1.90. The van der Waals surface area contributed by atoms with Crippen LogP contribution < -0.4 is 10.6 Å². The van der Waals surface area contributed by atoms with Gasteiger partial charge in [0, 0.05) is 5.69 Å². The third-order valence-corrected chi connectivity index (χ3v) is 4.42. The molecule has 2 amide bonds. The summed E-state index contributed by atoms with van der Waals surface area (Å²) in [7, 11) is 0. The van der Waals surface area contributed by atoms with E-state index >= 15 is 0 Å². The molecule has 0 atom stereocenters. The molecule has 3 aromatic carbocycles. The van der Waals surface area contributed by atoms with Gasteiger partial charge >= 0.3 is 5.97 Å². The average molecular weight is 420 g/mol. The minimum atomic E-state index is -0.669. The third kappa shape index (κ3) is 6.50. The molecule has 0 aliphatic carbocycles. The number of halogens is 1. The van der Waals surface area contributed by atoms with Crippen molar-refractivity contribution in [2.75, 3.05) is 18.5 Å². The van der Waals surface area contributed by atoms with Gasteiger partial charge in [-0.3, -0.25) is 14.4 Å². The standard InChI is InChI=1S/C24H21FN2O4/c25-19-11-13-20(14-12-19)27-21(28)15-26-22(29)16-31-24(30)23(17-7-3-1-4-8-17)18-9-5-2-6-10-18/h1-14,23H,15-16H2,(H,26,29)(H,27,28). The summed E-state index contributed by atoms with van der Waals surface area (Å²) in [5.74, 6) is -2.75. The van der Waals surface area contributed by atoms with E-state index in [1.54, 1.807) is 0 Å². The van der Waals surface area contributed by atoms with Crippen LogP contribution in [-0.4, -0.2) is 30.9 Å². The number of amides is 2. The van der Waals surface area contributed by atoms with Crippen molar-refractivity contribution in [1.29, 1.82) is 0 Å². The van der Waals surface area contributed by atoms with Gasteiger partial charge in [-0.05, 0) is 35.4 Å². The number of hydrogen-bond donors (Lipinski definition) is 2. The molecule has 7 heteroatoms. The molecule has 0 heterocycles. The average Bonchev–Trinajstić information content (AvgIpc) is 2.79. The van der Waals surface area contributed by atoms with E-state index in [0.717, 1.165) is 11.1 Å². The number of carbonyl (C=O) groups excluding carboxylic acids is 3. The van der Waals surface area contributed by atoms with Gasteiger partial charge in [-0.25, -0.2) is 4.39 Å². The molecule has 158 valence electrons. The maximum atomic E-state index is 12.9. The molecular formula is C24H21FN2O4. The van der Waals surface area contributed by atoms with E-state index in [2.05, 4.69) is 10.6 Å². The Morgan fingerprint density at radius 3 is 1.87 bits per heavy atom. The first-order valence-electron chi connectivity index (χ1n) is 9.61. The molecule has 3 rings (SSSR count). The van der Waals surface area contributed by atoms with Gasteiger partial charge in [0.15, 0.2) is 6.61 Å². The first-order chi connectivity index (χ1) is 15.0. The number of ether oxygens (including phenoxy) is 1. The number of carbonyl (C=O) groups is 3. The lowest BCUT2D eigenvalue weighted by Gasteiger charge is -2.17. The first-order valence-corrected chi connectivity index (χ1v) is 9.61. The summed E-state index contributed by atoms with van der Waals surface area (Å²) in [6.45, 7) is -0.826. The zero-order chi connectivity index (χ0) is 22.1. The maximum absolute atomic E-state index is 12.9. The molecule has 31 heavy (non-hydrogen) atoms. The summed E-state index contributed by atoms with van der Waals surface area (Å²) in [6, 6.07) is 23.5.